The van der Waals surface area contributed by atoms with Crippen LogP contribution >= 0.6 is 0 Å². The van der Waals surface area contributed by atoms with Crippen LogP contribution in [0, 0.1) is 17.2 Å². The highest BCUT2D eigenvalue weighted by atomic mass is 15.2. The molecule has 0 heterocycles. The van der Waals surface area contributed by atoms with Gasteiger partial charge in [-0.25, -0.2) is 0 Å². The van der Waals surface area contributed by atoms with E-state index in [1.807, 2.05) is 0 Å². The summed E-state index contributed by atoms with van der Waals surface area (Å²) in [6.45, 7) is 8.40. The van der Waals surface area contributed by atoms with Crippen LogP contribution < -0.4 is 5.73 Å². The smallest absolute Gasteiger partial charge is 0.119 e. The Hall–Kier alpha value is -0.590. The third-order valence-electron chi connectivity index (χ3n) is 3.76. The minimum atomic E-state index is -0.615. The molecule has 1 aliphatic rings. The van der Waals surface area contributed by atoms with Gasteiger partial charge < -0.3 is 5.73 Å². The molecule has 17 heavy (non-hydrogen) atoms. The number of unbranched alkanes of at least 4 members (excludes halogenated alkanes) is 2. The Morgan fingerprint density at radius 2 is 2.06 bits per heavy atom. The maximum Gasteiger partial charge on any atom is 0.119 e. The topological polar surface area (TPSA) is 53.0 Å². The van der Waals surface area contributed by atoms with Crippen LogP contribution in [0.25, 0.3) is 0 Å². The van der Waals surface area contributed by atoms with Crippen molar-refractivity contribution in [1.29, 1.82) is 5.26 Å². The van der Waals surface area contributed by atoms with Crippen LogP contribution in [0.4, 0.5) is 0 Å². The fourth-order valence-electron chi connectivity index (χ4n) is 2.27. The van der Waals surface area contributed by atoms with E-state index < -0.39 is 5.54 Å². The second-order valence-corrected chi connectivity index (χ2v) is 5.70. The van der Waals surface area contributed by atoms with Crippen molar-refractivity contribution < 1.29 is 0 Å². The minimum Gasteiger partial charge on any atom is -0.312 e. The van der Waals surface area contributed by atoms with Crippen molar-refractivity contribution in [2.45, 2.75) is 64.5 Å². The lowest BCUT2D eigenvalue weighted by Crippen LogP contribution is -2.52. The SMILES string of the molecule is CCCCCN(CC(N)(C#N)C1CC1)C(C)C. The molecule has 0 spiro atoms. The molecule has 98 valence electrons. The van der Waals surface area contributed by atoms with E-state index in [4.69, 9.17) is 5.73 Å². The number of rotatable bonds is 8. The Labute approximate surface area is 106 Å². The zero-order valence-electron chi connectivity index (χ0n) is 11.6. The zero-order valence-corrected chi connectivity index (χ0v) is 11.6. The predicted molar refractivity (Wildman–Crippen MR) is 71.5 cm³/mol. The van der Waals surface area contributed by atoms with E-state index in [1.165, 1.54) is 19.3 Å². The van der Waals surface area contributed by atoms with E-state index in [1.54, 1.807) is 0 Å². The molecule has 0 aliphatic heterocycles. The summed E-state index contributed by atoms with van der Waals surface area (Å²) in [7, 11) is 0. The van der Waals surface area contributed by atoms with Gasteiger partial charge in [0.05, 0.1) is 6.07 Å². The molecule has 1 fully saturated rings. The number of nitrogens with two attached hydrogens (primary N) is 1. The highest BCUT2D eigenvalue weighted by molar-refractivity contribution is 5.14. The van der Waals surface area contributed by atoms with Gasteiger partial charge in [-0.05, 0) is 45.6 Å². The van der Waals surface area contributed by atoms with Crippen molar-refractivity contribution in [3.8, 4) is 6.07 Å². The number of nitrogens with zero attached hydrogens (tertiary/aromatic N) is 2. The maximum atomic E-state index is 9.30. The molecule has 3 heteroatoms. The first kappa shape index (κ1) is 14.5. The Bertz CT molecular complexity index is 265. The zero-order chi connectivity index (χ0) is 12.9. The van der Waals surface area contributed by atoms with Gasteiger partial charge in [-0.3, -0.25) is 4.90 Å². The van der Waals surface area contributed by atoms with Gasteiger partial charge in [0, 0.05) is 12.6 Å². The van der Waals surface area contributed by atoms with E-state index >= 15 is 0 Å². The van der Waals surface area contributed by atoms with Crippen LogP contribution in [0.1, 0.15) is 52.9 Å². The highest BCUT2D eigenvalue weighted by Crippen LogP contribution is 2.38. The van der Waals surface area contributed by atoms with Gasteiger partial charge in [-0.15, -0.1) is 0 Å². The summed E-state index contributed by atoms with van der Waals surface area (Å²) in [5.41, 5.74) is 5.63. The molecule has 0 saturated heterocycles. The third kappa shape index (κ3) is 4.29. The molecule has 3 nitrogen and oxygen atoms in total. The molecule has 1 unspecified atom stereocenters. The summed E-state index contributed by atoms with van der Waals surface area (Å²) in [4.78, 5) is 2.37. The third-order valence-corrected chi connectivity index (χ3v) is 3.76. The molecule has 2 N–H and O–H groups in total. The standard InChI is InChI=1S/C14H27N3/c1-4-5-6-9-17(12(2)3)11-14(16,10-15)13-7-8-13/h12-13H,4-9,11,16H2,1-3H3. The van der Waals surface area contributed by atoms with Gasteiger partial charge in [0.2, 0.25) is 0 Å². The Morgan fingerprint density at radius 1 is 1.41 bits per heavy atom. The van der Waals surface area contributed by atoms with E-state index in [-0.39, 0.29) is 0 Å². The number of hydrogen-bond acceptors (Lipinski definition) is 3. The lowest BCUT2D eigenvalue weighted by atomic mass is 9.95. The summed E-state index contributed by atoms with van der Waals surface area (Å²) in [6.07, 6.45) is 5.97. The van der Waals surface area contributed by atoms with Crippen molar-refractivity contribution in [3.05, 3.63) is 0 Å². The van der Waals surface area contributed by atoms with E-state index in [2.05, 4.69) is 31.7 Å². The number of nitriles is 1. The largest absolute Gasteiger partial charge is 0.312 e. The van der Waals surface area contributed by atoms with E-state index in [0.29, 0.717) is 12.0 Å². The van der Waals surface area contributed by atoms with E-state index in [0.717, 1.165) is 25.9 Å². The second-order valence-electron chi connectivity index (χ2n) is 5.70. The molecular formula is C14H27N3. The normalized spacial score (nSPS) is 19.4. The monoisotopic (exact) mass is 237 g/mol. The Balaban J connectivity index is 2.50. The van der Waals surface area contributed by atoms with Gasteiger partial charge in [-0.1, -0.05) is 19.8 Å². The predicted octanol–water partition coefficient (Wildman–Crippen LogP) is 2.52. The van der Waals surface area contributed by atoms with Crippen LogP contribution in [0.2, 0.25) is 0 Å². The fraction of sp³-hybridized carbons (Fsp3) is 0.929. The average molecular weight is 237 g/mol. The van der Waals surface area contributed by atoms with Crippen molar-refractivity contribution in [2.75, 3.05) is 13.1 Å². The van der Waals surface area contributed by atoms with Crippen LogP contribution in [0.3, 0.4) is 0 Å². The van der Waals surface area contributed by atoms with Gasteiger partial charge >= 0.3 is 0 Å². The lowest BCUT2D eigenvalue weighted by Gasteiger charge is -2.33. The first-order valence-corrected chi connectivity index (χ1v) is 6.97. The lowest BCUT2D eigenvalue weighted by molar-refractivity contribution is 0.177. The first-order chi connectivity index (χ1) is 8.03. The van der Waals surface area contributed by atoms with Crippen molar-refractivity contribution in [1.82, 2.24) is 4.90 Å². The van der Waals surface area contributed by atoms with E-state index in [9.17, 15) is 5.26 Å². The molecule has 0 aromatic heterocycles. The first-order valence-electron chi connectivity index (χ1n) is 6.97. The van der Waals surface area contributed by atoms with Crippen LogP contribution in [-0.4, -0.2) is 29.6 Å². The average Bonchev–Trinajstić information content (AvgIpc) is 3.11. The van der Waals surface area contributed by atoms with Crippen LogP contribution in [-0.2, 0) is 0 Å². The van der Waals surface area contributed by atoms with Crippen LogP contribution in [0.5, 0.6) is 0 Å². The maximum absolute atomic E-state index is 9.30. The second kappa shape index (κ2) is 6.37. The van der Waals surface area contributed by atoms with Crippen LogP contribution in [0.15, 0.2) is 0 Å². The summed E-state index contributed by atoms with van der Waals surface area (Å²) >= 11 is 0. The quantitative estimate of drug-likeness (QED) is 0.660. The molecular weight excluding hydrogens is 210 g/mol. The Kier molecular flexibility index (Phi) is 5.42. The Morgan fingerprint density at radius 3 is 2.47 bits per heavy atom. The summed E-state index contributed by atoms with van der Waals surface area (Å²) < 4.78 is 0. The molecule has 0 radical (unpaired) electrons. The van der Waals surface area contributed by atoms with Gasteiger partial charge in [0.1, 0.15) is 5.54 Å². The van der Waals surface area contributed by atoms with Gasteiger partial charge in [0.25, 0.3) is 0 Å². The highest BCUT2D eigenvalue weighted by Gasteiger charge is 2.43. The van der Waals surface area contributed by atoms with Crippen molar-refractivity contribution in [3.63, 3.8) is 0 Å². The summed E-state index contributed by atoms with van der Waals surface area (Å²) in [5, 5.41) is 9.30. The fourth-order valence-corrected chi connectivity index (χ4v) is 2.27. The molecule has 0 amide bonds. The molecule has 1 atom stereocenters. The van der Waals surface area contributed by atoms with Crippen molar-refractivity contribution >= 4 is 0 Å². The van der Waals surface area contributed by atoms with Gasteiger partial charge in [0.15, 0.2) is 0 Å². The summed E-state index contributed by atoms with van der Waals surface area (Å²) in [6, 6.07) is 2.83. The molecule has 0 aromatic rings. The number of hydrogen-bond donors (Lipinski definition) is 1. The summed E-state index contributed by atoms with van der Waals surface area (Å²) in [5.74, 6) is 0.430. The molecule has 1 rings (SSSR count). The molecule has 0 aromatic carbocycles. The van der Waals surface area contributed by atoms with Gasteiger partial charge in [-0.2, -0.15) is 5.26 Å². The van der Waals surface area contributed by atoms with Crippen molar-refractivity contribution in [2.24, 2.45) is 11.7 Å². The molecule has 0 bridgehead atoms. The minimum absolute atomic E-state index is 0.430. The molecule has 1 saturated carbocycles. The molecule has 1 aliphatic carbocycles.